The van der Waals surface area contributed by atoms with Crippen molar-refractivity contribution in [3.05, 3.63) is 11.8 Å². The van der Waals surface area contributed by atoms with Gasteiger partial charge in [0.15, 0.2) is 5.16 Å². The Morgan fingerprint density at radius 1 is 1.41 bits per heavy atom. The molecule has 1 aliphatic rings. The van der Waals surface area contributed by atoms with Gasteiger partial charge in [-0.15, -0.1) is 0 Å². The van der Waals surface area contributed by atoms with Crippen LogP contribution in [0.4, 0.5) is 5.82 Å². The first-order valence-electron chi connectivity index (χ1n) is 7.96. The molecule has 0 unspecified atom stereocenters. The number of anilines is 1. The zero-order valence-corrected chi connectivity index (χ0v) is 14.7. The molecule has 1 aromatic heterocycles. The topological polar surface area (TPSA) is 72.1 Å². The van der Waals surface area contributed by atoms with Crippen LogP contribution >= 0.6 is 11.8 Å². The van der Waals surface area contributed by atoms with Gasteiger partial charge in [-0.3, -0.25) is 4.79 Å². The first-order chi connectivity index (χ1) is 10.4. The zero-order valence-electron chi connectivity index (χ0n) is 13.9. The van der Waals surface area contributed by atoms with Gasteiger partial charge in [-0.05, 0) is 39.0 Å². The maximum absolute atomic E-state index is 12.9. The van der Waals surface area contributed by atoms with Crippen LogP contribution in [-0.4, -0.2) is 38.6 Å². The van der Waals surface area contributed by atoms with E-state index in [1.807, 2.05) is 11.8 Å². The molecule has 2 heterocycles. The van der Waals surface area contributed by atoms with Gasteiger partial charge in [0.2, 0.25) is 5.91 Å². The van der Waals surface area contributed by atoms with Crippen molar-refractivity contribution >= 4 is 23.5 Å². The fourth-order valence-corrected chi connectivity index (χ4v) is 3.88. The van der Waals surface area contributed by atoms with E-state index in [1.165, 1.54) is 18.2 Å². The van der Waals surface area contributed by atoms with Crippen LogP contribution in [-0.2, 0) is 4.79 Å². The molecular formula is C16H26N4OS. The minimum atomic E-state index is -0.165. The van der Waals surface area contributed by atoms with Gasteiger partial charge in [0.05, 0.1) is 5.25 Å². The summed E-state index contributed by atoms with van der Waals surface area (Å²) in [6, 6.07) is 2.06. The molecule has 122 valence electrons. The molecule has 0 aliphatic carbocycles. The van der Waals surface area contributed by atoms with Gasteiger partial charge in [0, 0.05) is 24.3 Å². The summed E-state index contributed by atoms with van der Waals surface area (Å²) in [5.74, 6) is 0.879. The van der Waals surface area contributed by atoms with Gasteiger partial charge in [-0.2, -0.15) is 0 Å². The summed E-state index contributed by atoms with van der Waals surface area (Å²) in [6.45, 7) is 9.04. The van der Waals surface area contributed by atoms with Crippen LogP contribution in [0.25, 0.3) is 0 Å². The van der Waals surface area contributed by atoms with E-state index in [2.05, 4.69) is 30.7 Å². The number of amides is 1. The lowest BCUT2D eigenvalue weighted by molar-refractivity contribution is -0.134. The number of hydrogen-bond acceptors (Lipinski definition) is 5. The molecule has 1 fully saturated rings. The molecule has 0 aromatic carbocycles. The van der Waals surface area contributed by atoms with Crippen LogP contribution in [0.5, 0.6) is 0 Å². The number of nitrogen functional groups attached to an aromatic ring is 1. The SMILES string of the molecule is Cc1cc(N)nc(S[C@@H](C(=O)N2CCCC[C@H]2C)C(C)C)n1. The summed E-state index contributed by atoms with van der Waals surface area (Å²) >= 11 is 1.44. The van der Waals surface area contributed by atoms with E-state index < -0.39 is 0 Å². The summed E-state index contributed by atoms with van der Waals surface area (Å²) in [5.41, 5.74) is 6.62. The number of piperidine rings is 1. The third kappa shape index (κ3) is 4.12. The number of carbonyl (C=O) groups is 1. The average Bonchev–Trinajstić information content (AvgIpc) is 2.43. The van der Waals surface area contributed by atoms with E-state index >= 15 is 0 Å². The van der Waals surface area contributed by atoms with Gasteiger partial charge < -0.3 is 10.6 Å². The molecule has 1 aromatic rings. The first-order valence-corrected chi connectivity index (χ1v) is 8.84. The second-order valence-corrected chi connectivity index (χ2v) is 7.48. The van der Waals surface area contributed by atoms with Crippen LogP contribution in [0, 0.1) is 12.8 Å². The molecule has 1 aliphatic heterocycles. The molecule has 0 bridgehead atoms. The lowest BCUT2D eigenvalue weighted by Gasteiger charge is -2.36. The summed E-state index contributed by atoms with van der Waals surface area (Å²) in [6.07, 6.45) is 3.40. The number of hydrogen-bond donors (Lipinski definition) is 1. The van der Waals surface area contributed by atoms with Gasteiger partial charge in [0.1, 0.15) is 5.82 Å². The average molecular weight is 322 g/mol. The third-order valence-corrected chi connectivity index (χ3v) is 5.41. The molecular weight excluding hydrogens is 296 g/mol. The number of nitrogens with zero attached hydrogens (tertiary/aromatic N) is 3. The van der Waals surface area contributed by atoms with Crippen LogP contribution in [0.1, 0.15) is 45.7 Å². The maximum atomic E-state index is 12.9. The Morgan fingerprint density at radius 2 is 2.14 bits per heavy atom. The fraction of sp³-hybridized carbons (Fsp3) is 0.688. The van der Waals surface area contributed by atoms with E-state index in [-0.39, 0.29) is 17.1 Å². The predicted octanol–water partition coefficient (Wildman–Crippen LogP) is 2.88. The van der Waals surface area contributed by atoms with Crippen molar-refractivity contribution in [3.63, 3.8) is 0 Å². The monoisotopic (exact) mass is 322 g/mol. The van der Waals surface area contributed by atoms with E-state index in [4.69, 9.17) is 5.73 Å². The van der Waals surface area contributed by atoms with Crippen molar-refractivity contribution in [1.29, 1.82) is 0 Å². The molecule has 5 nitrogen and oxygen atoms in total. The van der Waals surface area contributed by atoms with Crippen molar-refractivity contribution in [2.45, 2.75) is 63.4 Å². The van der Waals surface area contributed by atoms with Gasteiger partial charge >= 0.3 is 0 Å². The van der Waals surface area contributed by atoms with Crippen LogP contribution in [0.2, 0.25) is 0 Å². The second-order valence-electron chi connectivity index (χ2n) is 6.38. The standard InChI is InChI=1S/C16H26N4OS/c1-10(2)14(15(21)20-8-6-5-7-12(20)4)22-16-18-11(3)9-13(17)19-16/h9-10,12,14H,5-8H2,1-4H3,(H2,17,18,19)/t12-,14-/m1/s1. The highest BCUT2D eigenvalue weighted by Crippen LogP contribution is 2.30. The lowest BCUT2D eigenvalue weighted by Crippen LogP contribution is -2.47. The molecule has 0 spiro atoms. The molecule has 0 radical (unpaired) electrons. The Bertz CT molecular complexity index is 515. The van der Waals surface area contributed by atoms with Crippen LogP contribution in [0.3, 0.4) is 0 Å². The van der Waals surface area contributed by atoms with E-state index in [0.29, 0.717) is 17.0 Å². The highest BCUT2D eigenvalue weighted by molar-refractivity contribution is 8.00. The Hall–Kier alpha value is -1.30. The largest absolute Gasteiger partial charge is 0.384 e. The normalized spacial score (nSPS) is 20.2. The molecule has 2 rings (SSSR count). The third-order valence-electron chi connectivity index (χ3n) is 4.02. The zero-order chi connectivity index (χ0) is 16.3. The Balaban J connectivity index is 2.17. The number of thioether (sulfide) groups is 1. The number of likely N-dealkylation sites (tertiary alicyclic amines) is 1. The second kappa shape index (κ2) is 7.31. The highest BCUT2D eigenvalue weighted by Gasteiger charge is 2.32. The smallest absolute Gasteiger partial charge is 0.236 e. The molecule has 6 heteroatoms. The fourth-order valence-electron chi connectivity index (χ4n) is 2.79. The van der Waals surface area contributed by atoms with Crippen molar-refractivity contribution in [1.82, 2.24) is 14.9 Å². The number of nitrogens with two attached hydrogens (primary N) is 1. The predicted molar refractivity (Wildman–Crippen MR) is 90.7 cm³/mol. The minimum Gasteiger partial charge on any atom is -0.384 e. The molecule has 0 saturated carbocycles. The molecule has 2 N–H and O–H groups in total. The minimum absolute atomic E-state index is 0.165. The quantitative estimate of drug-likeness (QED) is 0.681. The Morgan fingerprint density at radius 3 is 2.73 bits per heavy atom. The van der Waals surface area contributed by atoms with Crippen LogP contribution in [0.15, 0.2) is 11.2 Å². The van der Waals surface area contributed by atoms with Gasteiger partial charge in [-0.1, -0.05) is 25.6 Å². The van der Waals surface area contributed by atoms with Gasteiger partial charge in [0.25, 0.3) is 0 Å². The number of rotatable bonds is 4. The van der Waals surface area contributed by atoms with Crippen molar-refractivity contribution in [2.24, 2.45) is 5.92 Å². The summed E-state index contributed by atoms with van der Waals surface area (Å²) < 4.78 is 0. The summed E-state index contributed by atoms with van der Waals surface area (Å²) in [4.78, 5) is 23.6. The lowest BCUT2D eigenvalue weighted by atomic mass is 10.0. The van der Waals surface area contributed by atoms with Crippen molar-refractivity contribution < 1.29 is 4.79 Å². The van der Waals surface area contributed by atoms with E-state index in [0.717, 1.165) is 25.1 Å². The Labute approximate surface area is 137 Å². The summed E-state index contributed by atoms with van der Waals surface area (Å²) in [7, 11) is 0. The Kier molecular flexibility index (Phi) is 5.67. The number of aromatic nitrogens is 2. The van der Waals surface area contributed by atoms with Crippen molar-refractivity contribution in [3.8, 4) is 0 Å². The highest BCUT2D eigenvalue weighted by atomic mass is 32.2. The summed E-state index contributed by atoms with van der Waals surface area (Å²) in [5, 5.41) is 0.427. The first kappa shape index (κ1) is 17.1. The van der Waals surface area contributed by atoms with E-state index in [9.17, 15) is 4.79 Å². The number of aryl methyl sites for hydroxylation is 1. The van der Waals surface area contributed by atoms with Gasteiger partial charge in [-0.25, -0.2) is 9.97 Å². The number of carbonyl (C=O) groups excluding carboxylic acids is 1. The molecule has 22 heavy (non-hydrogen) atoms. The van der Waals surface area contributed by atoms with Crippen molar-refractivity contribution in [2.75, 3.05) is 12.3 Å². The molecule has 1 saturated heterocycles. The maximum Gasteiger partial charge on any atom is 0.236 e. The van der Waals surface area contributed by atoms with E-state index in [1.54, 1.807) is 6.07 Å². The van der Waals surface area contributed by atoms with Crippen LogP contribution < -0.4 is 5.73 Å². The molecule has 2 atom stereocenters. The molecule has 1 amide bonds.